The summed E-state index contributed by atoms with van der Waals surface area (Å²) in [4.78, 5) is 0. The molecule has 0 aromatic carbocycles. The summed E-state index contributed by atoms with van der Waals surface area (Å²) in [7, 11) is 0. The Kier molecular flexibility index (Phi) is 5.40. The minimum Gasteiger partial charge on any atom is -0.381 e. The Labute approximate surface area is 81.8 Å². The molecule has 0 aliphatic heterocycles. The Morgan fingerprint density at radius 2 is 2.08 bits per heavy atom. The lowest BCUT2D eigenvalue weighted by Gasteiger charge is -2.05. The maximum Gasteiger partial charge on any atom is 0.0468 e. The van der Waals surface area contributed by atoms with Crippen LogP contribution in [-0.2, 0) is 4.74 Å². The van der Waals surface area contributed by atoms with Gasteiger partial charge in [-0.05, 0) is 38.5 Å². The number of hydrogen-bond donors (Lipinski definition) is 1. The summed E-state index contributed by atoms with van der Waals surface area (Å²) in [6, 6.07) is 0.353. The molecule has 1 atom stereocenters. The van der Waals surface area contributed by atoms with E-state index in [1.807, 2.05) is 0 Å². The smallest absolute Gasteiger partial charge is 0.0468 e. The third kappa shape index (κ3) is 7.03. The normalized spacial score (nSPS) is 18.9. The molecule has 0 radical (unpaired) electrons. The highest BCUT2D eigenvalue weighted by atomic mass is 16.5. The lowest BCUT2D eigenvalue weighted by atomic mass is 10.1. The van der Waals surface area contributed by atoms with Gasteiger partial charge < -0.3 is 10.5 Å². The van der Waals surface area contributed by atoms with Crippen LogP contribution in [0.4, 0.5) is 0 Å². The van der Waals surface area contributed by atoms with Crippen molar-refractivity contribution in [1.29, 1.82) is 0 Å². The molecule has 2 heteroatoms. The maximum atomic E-state index is 5.64. The molecule has 1 saturated carbocycles. The standard InChI is InChI=1S/C11H23NO/c1-10(12)4-2-3-8-13-9-7-11-5-6-11/h10-11H,2-9,12H2,1H3. The molecular weight excluding hydrogens is 162 g/mol. The first-order valence-electron chi connectivity index (χ1n) is 5.62. The fraction of sp³-hybridized carbons (Fsp3) is 1.00. The Morgan fingerprint density at radius 3 is 2.69 bits per heavy atom. The van der Waals surface area contributed by atoms with Gasteiger partial charge in [-0.15, -0.1) is 0 Å². The van der Waals surface area contributed by atoms with Gasteiger partial charge in [-0.25, -0.2) is 0 Å². The Hall–Kier alpha value is -0.0800. The van der Waals surface area contributed by atoms with Crippen LogP contribution >= 0.6 is 0 Å². The topological polar surface area (TPSA) is 35.2 Å². The quantitative estimate of drug-likeness (QED) is 0.589. The number of ether oxygens (including phenoxy) is 1. The van der Waals surface area contributed by atoms with Crippen LogP contribution in [0.25, 0.3) is 0 Å². The molecule has 0 heterocycles. The number of hydrogen-bond acceptors (Lipinski definition) is 2. The van der Waals surface area contributed by atoms with Crippen LogP contribution in [0.15, 0.2) is 0 Å². The van der Waals surface area contributed by atoms with E-state index in [0.717, 1.165) is 25.6 Å². The first-order valence-corrected chi connectivity index (χ1v) is 5.62. The second kappa shape index (κ2) is 6.39. The molecule has 1 rings (SSSR count). The Balaban J connectivity index is 1.68. The van der Waals surface area contributed by atoms with E-state index in [-0.39, 0.29) is 0 Å². The van der Waals surface area contributed by atoms with E-state index >= 15 is 0 Å². The van der Waals surface area contributed by atoms with Gasteiger partial charge in [-0.2, -0.15) is 0 Å². The molecule has 0 bridgehead atoms. The minimum atomic E-state index is 0.353. The first kappa shape index (κ1) is 11.0. The van der Waals surface area contributed by atoms with Crippen molar-refractivity contribution >= 4 is 0 Å². The number of nitrogens with two attached hydrogens (primary N) is 1. The van der Waals surface area contributed by atoms with Crippen LogP contribution in [0.3, 0.4) is 0 Å². The van der Waals surface area contributed by atoms with Crippen molar-refractivity contribution in [2.24, 2.45) is 11.7 Å². The van der Waals surface area contributed by atoms with Crippen LogP contribution in [0.5, 0.6) is 0 Å². The van der Waals surface area contributed by atoms with Crippen LogP contribution in [0, 0.1) is 5.92 Å². The van der Waals surface area contributed by atoms with Crippen molar-refractivity contribution in [2.45, 2.75) is 51.5 Å². The zero-order valence-electron chi connectivity index (χ0n) is 8.80. The highest BCUT2D eigenvalue weighted by molar-refractivity contribution is 4.72. The summed E-state index contributed by atoms with van der Waals surface area (Å²) in [5.74, 6) is 1.00. The van der Waals surface area contributed by atoms with Crippen LogP contribution in [0.2, 0.25) is 0 Å². The highest BCUT2D eigenvalue weighted by Gasteiger charge is 2.20. The summed E-state index contributed by atoms with van der Waals surface area (Å²) >= 11 is 0. The van der Waals surface area contributed by atoms with Gasteiger partial charge in [-0.3, -0.25) is 0 Å². The summed E-state index contributed by atoms with van der Waals surface area (Å²) in [5, 5.41) is 0. The van der Waals surface area contributed by atoms with Gasteiger partial charge >= 0.3 is 0 Å². The van der Waals surface area contributed by atoms with E-state index in [9.17, 15) is 0 Å². The highest BCUT2D eigenvalue weighted by Crippen LogP contribution is 2.32. The average molecular weight is 185 g/mol. The fourth-order valence-corrected chi connectivity index (χ4v) is 1.43. The zero-order chi connectivity index (χ0) is 9.52. The van der Waals surface area contributed by atoms with Crippen molar-refractivity contribution in [1.82, 2.24) is 0 Å². The molecular formula is C11H23NO. The van der Waals surface area contributed by atoms with E-state index in [1.54, 1.807) is 0 Å². The van der Waals surface area contributed by atoms with Gasteiger partial charge in [0.1, 0.15) is 0 Å². The van der Waals surface area contributed by atoms with Gasteiger partial charge in [0.2, 0.25) is 0 Å². The van der Waals surface area contributed by atoms with Crippen LogP contribution < -0.4 is 5.73 Å². The van der Waals surface area contributed by atoms with Crippen molar-refractivity contribution in [3.8, 4) is 0 Å². The van der Waals surface area contributed by atoms with E-state index in [4.69, 9.17) is 10.5 Å². The number of unbranched alkanes of at least 4 members (excludes halogenated alkanes) is 1. The third-order valence-electron chi connectivity index (χ3n) is 2.57. The monoisotopic (exact) mass is 185 g/mol. The minimum absolute atomic E-state index is 0.353. The van der Waals surface area contributed by atoms with E-state index in [1.165, 1.54) is 32.1 Å². The van der Waals surface area contributed by atoms with Gasteiger partial charge in [0.05, 0.1) is 0 Å². The van der Waals surface area contributed by atoms with Crippen LogP contribution in [0.1, 0.15) is 45.4 Å². The van der Waals surface area contributed by atoms with Crippen molar-refractivity contribution < 1.29 is 4.74 Å². The molecule has 0 saturated heterocycles. The fourth-order valence-electron chi connectivity index (χ4n) is 1.43. The van der Waals surface area contributed by atoms with Crippen LogP contribution in [-0.4, -0.2) is 19.3 Å². The third-order valence-corrected chi connectivity index (χ3v) is 2.57. The molecule has 2 nitrogen and oxygen atoms in total. The molecule has 0 aromatic rings. The number of rotatable bonds is 8. The van der Waals surface area contributed by atoms with E-state index < -0.39 is 0 Å². The second-order valence-corrected chi connectivity index (χ2v) is 4.32. The molecule has 1 unspecified atom stereocenters. The first-order chi connectivity index (χ1) is 6.29. The van der Waals surface area contributed by atoms with Crippen molar-refractivity contribution in [3.05, 3.63) is 0 Å². The van der Waals surface area contributed by atoms with Gasteiger partial charge in [-0.1, -0.05) is 12.8 Å². The summed E-state index contributed by atoms with van der Waals surface area (Å²) < 4.78 is 5.53. The van der Waals surface area contributed by atoms with E-state index in [0.29, 0.717) is 6.04 Å². The molecule has 13 heavy (non-hydrogen) atoms. The lowest BCUT2D eigenvalue weighted by molar-refractivity contribution is 0.124. The summed E-state index contributed by atoms with van der Waals surface area (Å²) in [6.45, 7) is 3.97. The average Bonchev–Trinajstić information content (AvgIpc) is 2.86. The predicted molar refractivity (Wildman–Crippen MR) is 55.7 cm³/mol. The summed E-state index contributed by atoms with van der Waals surface area (Å²) in [5.41, 5.74) is 5.64. The van der Waals surface area contributed by atoms with Gasteiger partial charge in [0.15, 0.2) is 0 Å². The molecule has 0 amide bonds. The van der Waals surface area contributed by atoms with Gasteiger partial charge in [0.25, 0.3) is 0 Å². The SMILES string of the molecule is CC(N)CCCCOCCC1CC1. The Morgan fingerprint density at radius 1 is 1.31 bits per heavy atom. The molecule has 1 fully saturated rings. The molecule has 1 aliphatic carbocycles. The summed E-state index contributed by atoms with van der Waals surface area (Å²) in [6.07, 6.45) is 7.68. The molecule has 0 aromatic heterocycles. The Bertz CT molecular complexity index is 115. The van der Waals surface area contributed by atoms with Crippen molar-refractivity contribution in [2.75, 3.05) is 13.2 Å². The predicted octanol–water partition coefficient (Wildman–Crippen LogP) is 2.32. The molecule has 0 spiro atoms. The van der Waals surface area contributed by atoms with Gasteiger partial charge in [0, 0.05) is 19.3 Å². The van der Waals surface area contributed by atoms with E-state index in [2.05, 4.69) is 6.92 Å². The molecule has 1 aliphatic rings. The van der Waals surface area contributed by atoms with Crippen molar-refractivity contribution in [3.63, 3.8) is 0 Å². The second-order valence-electron chi connectivity index (χ2n) is 4.32. The zero-order valence-corrected chi connectivity index (χ0v) is 8.80. The largest absolute Gasteiger partial charge is 0.381 e. The molecule has 78 valence electrons. The molecule has 2 N–H and O–H groups in total. The maximum absolute atomic E-state index is 5.64. The lowest BCUT2D eigenvalue weighted by Crippen LogP contribution is -2.14.